The van der Waals surface area contributed by atoms with Crippen LogP contribution in [0.2, 0.25) is 0 Å². The number of likely N-dealkylation sites (tertiary alicyclic amines) is 1. The lowest BCUT2D eigenvalue weighted by Gasteiger charge is -2.40. The van der Waals surface area contributed by atoms with Gasteiger partial charge in [0.1, 0.15) is 10.7 Å². The van der Waals surface area contributed by atoms with Gasteiger partial charge in [0.2, 0.25) is 0 Å². The summed E-state index contributed by atoms with van der Waals surface area (Å²) in [5.41, 5.74) is 7.38. The number of nitrogen functional groups attached to an aromatic ring is 1. The molecule has 13 heteroatoms. The predicted molar refractivity (Wildman–Crippen MR) is 136 cm³/mol. The maximum absolute atomic E-state index is 13.1. The number of aromatic amines is 1. The lowest BCUT2D eigenvalue weighted by atomic mass is 9.87. The van der Waals surface area contributed by atoms with Gasteiger partial charge in [0.25, 0.3) is 5.91 Å². The number of hydrogen-bond donors (Lipinski definition) is 2. The van der Waals surface area contributed by atoms with Crippen molar-refractivity contribution in [1.29, 1.82) is 0 Å². The molecule has 38 heavy (non-hydrogen) atoms. The van der Waals surface area contributed by atoms with Gasteiger partial charge in [0.15, 0.2) is 5.65 Å². The summed E-state index contributed by atoms with van der Waals surface area (Å²) >= 11 is 0. The van der Waals surface area contributed by atoms with Crippen LogP contribution in [0.1, 0.15) is 72.1 Å². The molecule has 7 nitrogen and oxygen atoms in total. The average Bonchev–Trinajstić information content (AvgIpc) is 3.32. The summed E-state index contributed by atoms with van der Waals surface area (Å²) in [5.74, 6) is 0.784. The second kappa shape index (κ2) is 8.80. The number of fused-ring (bicyclic) bond motifs is 1. The number of nitrogens with zero attached hydrogens (tertiary/aromatic N) is 3. The van der Waals surface area contributed by atoms with E-state index in [0.717, 1.165) is 48.7 Å². The van der Waals surface area contributed by atoms with Crippen LogP contribution in [0.3, 0.4) is 0 Å². The average molecular weight is 560 g/mol. The Morgan fingerprint density at radius 2 is 1.71 bits per heavy atom. The van der Waals surface area contributed by atoms with Gasteiger partial charge in [-0.05, 0) is 74.3 Å². The number of H-pyrrole nitrogens is 1. The molecule has 2 aliphatic rings. The van der Waals surface area contributed by atoms with Crippen LogP contribution < -0.4 is 5.73 Å². The fourth-order valence-corrected chi connectivity index (χ4v) is 6.27. The summed E-state index contributed by atoms with van der Waals surface area (Å²) in [6, 6.07) is 3.05. The first-order chi connectivity index (χ1) is 17.7. The van der Waals surface area contributed by atoms with E-state index in [1.807, 2.05) is 6.07 Å². The summed E-state index contributed by atoms with van der Waals surface area (Å²) in [5, 5.41) is 0. The predicted octanol–water partition coefficient (Wildman–Crippen LogP) is 6.89. The van der Waals surface area contributed by atoms with Crippen LogP contribution >= 0.6 is 10.2 Å². The minimum Gasteiger partial charge on any atom is -0.398 e. The Morgan fingerprint density at radius 1 is 1.03 bits per heavy atom. The molecule has 3 heterocycles. The lowest BCUT2D eigenvalue weighted by Crippen LogP contribution is -2.38. The summed E-state index contributed by atoms with van der Waals surface area (Å²) in [6.07, 6.45) is 7.18. The van der Waals surface area contributed by atoms with Crippen molar-refractivity contribution < 1.29 is 29.0 Å². The molecule has 0 atom stereocenters. The second-order valence-corrected chi connectivity index (χ2v) is 12.6. The van der Waals surface area contributed by atoms with Crippen molar-refractivity contribution in [2.75, 3.05) is 25.9 Å². The van der Waals surface area contributed by atoms with E-state index in [1.165, 1.54) is 4.90 Å². The van der Waals surface area contributed by atoms with E-state index in [1.54, 1.807) is 13.3 Å². The standard InChI is InChI=1S/C25H30F5N5O2S/c1-37-17-4-2-16(3-5-17)23-33-22-19(8-11-32-24(22)34-23)15-9-12-35(13-10-15)25(36)20-7-6-18(14-21(20)31)38(26,27,28,29)30/h6-8,11,14-17H,2-5,9-10,12-13,31H2,1H3,(H,32,33,34). The molecule has 1 aromatic carbocycles. The summed E-state index contributed by atoms with van der Waals surface area (Å²) in [6.45, 7) is 0.691. The van der Waals surface area contributed by atoms with E-state index in [4.69, 9.17) is 15.5 Å². The highest BCUT2D eigenvalue weighted by molar-refractivity contribution is 8.45. The number of benzene rings is 1. The van der Waals surface area contributed by atoms with Crippen LogP contribution in [-0.2, 0) is 4.74 Å². The molecule has 2 aromatic heterocycles. The number of pyridine rings is 1. The molecule has 1 aliphatic carbocycles. The van der Waals surface area contributed by atoms with Gasteiger partial charge in [-0.3, -0.25) is 4.79 Å². The summed E-state index contributed by atoms with van der Waals surface area (Å²) in [4.78, 5) is 25.0. The molecule has 1 aliphatic heterocycles. The van der Waals surface area contributed by atoms with Crippen LogP contribution in [0, 0.1) is 0 Å². The third-order valence-electron chi connectivity index (χ3n) is 7.76. The number of aromatic nitrogens is 3. The number of halogens is 5. The zero-order valence-electron chi connectivity index (χ0n) is 20.8. The van der Waals surface area contributed by atoms with Crippen molar-refractivity contribution in [3.63, 3.8) is 0 Å². The number of hydrogen-bond acceptors (Lipinski definition) is 5. The molecule has 3 aromatic rings. The maximum Gasteiger partial charge on any atom is 0.310 e. The zero-order chi connectivity index (χ0) is 27.4. The fourth-order valence-electron chi connectivity index (χ4n) is 5.59. The number of carbonyl (C=O) groups excluding carboxylic acids is 1. The molecule has 0 bridgehead atoms. The highest BCUT2D eigenvalue weighted by Gasteiger charge is 2.65. The smallest absolute Gasteiger partial charge is 0.310 e. The Bertz CT molecular complexity index is 1370. The fraction of sp³-hybridized carbons (Fsp3) is 0.480. The Balaban J connectivity index is 1.29. The molecule has 0 spiro atoms. The number of nitrogens with one attached hydrogen (secondary N) is 1. The molecular weight excluding hydrogens is 529 g/mol. The molecule has 1 amide bonds. The third kappa shape index (κ3) is 5.31. The first-order valence-electron chi connectivity index (χ1n) is 12.5. The molecule has 0 radical (unpaired) electrons. The van der Waals surface area contributed by atoms with Gasteiger partial charge < -0.3 is 20.4 Å². The van der Waals surface area contributed by atoms with Gasteiger partial charge in [0.05, 0.1) is 17.2 Å². The van der Waals surface area contributed by atoms with E-state index in [9.17, 15) is 24.2 Å². The van der Waals surface area contributed by atoms with Crippen LogP contribution in [0.25, 0.3) is 11.2 Å². The minimum absolute atomic E-state index is 0.120. The molecular formula is C25H30F5N5O2S. The monoisotopic (exact) mass is 559 g/mol. The number of nitrogens with two attached hydrogens (primary N) is 1. The van der Waals surface area contributed by atoms with Crippen LogP contribution in [0.15, 0.2) is 35.4 Å². The van der Waals surface area contributed by atoms with Crippen molar-refractivity contribution in [3.8, 4) is 0 Å². The molecule has 0 unspecified atom stereocenters. The number of methoxy groups -OCH3 is 1. The van der Waals surface area contributed by atoms with E-state index in [2.05, 4.69) is 9.97 Å². The summed E-state index contributed by atoms with van der Waals surface area (Å²) < 4.78 is 71.0. The van der Waals surface area contributed by atoms with Crippen molar-refractivity contribution in [1.82, 2.24) is 19.9 Å². The molecule has 5 rings (SSSR count). The number of rotatable bonds is 5. The van der Waals surface area contributed by atoms with E-state index >= 15 is 0 Å². The van der Waals surface area contributed by atoms with Gasteiger partial charge in [-0.1, -0.05) is 19.4 Å². The molecule has 3 N–H and O–H groups in total. The molecule has 1 saturated carbocycles. The highest BCUT2D eigenvalue weighted by Crippen LogP contribution is 3.02. The van der Waals surface area contributed by atoms with Crippen molar-refractivity contribution >= 4 is 33.0 Å². The van der Waals surface area contributed by atoms with Crippen molar-refractivity contribution in [2.45, 2.75) is 61.4 Å². The molecule has 208 valence electrons. The largest absolute Gasteiger partial charge is 0.398 e. The minimum atomic E-state index is -9.88. The van der Waals surface area contributed by atoms with Crippen LogP contribution in [0.5, 0.6) is 0 Å². The van der Waals surface area contributed by atoms with E-state index in [0.29, 0.717) is 37.5 Å². The van der Waals surface area contributed by atoms with Gasteiger partial charge >= 0.3 is 10.2 Å². The number of amides is 1. The Morgan fingerprint density at radius 3 is 2.32 bits per heavy atom. The Kier molecular flexibility index (Phi) is 6.18. The van der Waals surface area contributed by atoms with Gasteiger partial charge in [-0.15, -0.1) is 0 Å². The first kappa shape index (κ1) is 26.7. The van der Waals surface area contributed by atoms with Gasteiger partial charge in [0, 0.05) is 38.0 Å². The normalized spacial score (nSPS) is 23.3. The lowest BCUT2D eigenvalue weighted by molar-refractivity contribution is 0.0652. The number of ether oxygens (including phenoxy) is 1. The van der Waals surface area contributed by atoms with E-state index < -0.39 is 26.7 Å². The van der Waals surface area contributed by atoms with Crippen molar-refractivity contribution in [2.24, 2.45) is 0 Å². The van der Waals surface area contributed by atoms with Crippen LogP contribution in [0.4, 0.5) is 25.1 Å². The first-order valence-corrected chi connectivity index (χ1v) is 14.5. The molecule has 2 fully saturated rings. The zero-order valence-corrected chi connectivity index (χ0v) is 21.6. The Labute approximate surface area is 216 Å². The van der Waals surface area contributed by atoms with Crippen LogP contribution in [-0.4, -0.2) is 52.1 Å². The Hall–Kier alpha value is -2.93. The second-order valence-electron chi connectivity index (χ2n) is 10.2. The number of imidazole rings is 1. The van der Waals surface area contributed by atoms with Crippen molar-refractivity contribution in [3.05, 3.63) is 47.4 Å². The quantitative estimate of drug-likeness (QED) is 0.262. The maximum atomic E-state index is 13.1. The third-order valence-corrected chi connectivity index (χ3v) is 8.90. The number of piperidine rings is 1. The number of carbonyl (C=O) groups is 1. The van der Waals surface area contributed by atoms with Gasteiger partial charge in [-0.25, -0.2) is 9.97 Å². The number of anilines is 1. The molecule has 1 saturated heterocycles. The highest BCUT2D eigenvalue weighted by atomic mass is 32.5. The van der Waals surface area contributed by atoms with E-state index in [-0.39, 0.29) is 29.7 Å². The topological polar surface area (TPSA) is 97.1 Å². The van der Waals surface area contributed by atoms with Gasteiger partial charge in [-0.2, -0.15) is 0 Å². The SMILES string of the molecule is COC1CCC(c2nc3nccc(C4CCN(C(=O)c5ccc(S(F)(F)(F)(F)F)cc5N)CC4)c3[nH]2)CC1. The summed E-state index contributed by atoms with van der Waals surface area (Å²) in [7, 11) is -8.15.